The highest BCUT2D eigenvalue weighted by Gasteiger charge is 2.35. The van der Waals surface area contributed by atoms with Gasteiger partial charge in [0.1, 0.15) is 5.60 Å². The Balaban J connectivity index is 2.09. The minimum atomic E-state index is -0.419. The molecule has 110 valence electrons. The third-order valence-electron chi connectivity index (χ3n) is 3.93. The standard InChI is InChI=1S/C15H19Br2NO2/c1-15(2,10-5-7-18-8-6-10)20-14(19)12-4-3-11(16)9-13(12)17/h3-4,9-10,18H,5-8H2,1-2H3/p+1. The zero-order chi connectivity index (χ0) is 14.8. The number of rotatable bonds is 3. The highest BCUT2D eigenvalue weighted by molar-refractivity contribution is 9.11. The van der Waals surface area contributed by atoms with Crippen molar-refractivity contribution >= 4 is 37.8 Å². The molecule has 0 amide bonds. The second-order valence-corrected chi connectivity index (χ2v) is 7.53. The molecular weight excluding hydrogens is 386 g/mol. The van der Waals surface area contributed by atoms with Gasteiger partial charge in [-0.05, 0) is 48.0 Å². The van der Waals surface area contributed by atoms with E-state index in [-0.39, 0.29) is 5.97 Å². The van der Waals surface area contributed by atoms with Crippen LogP contribution < -0.4 is 5.32 Å². The second kappa shape index (κ2) is 6.58. The molecule has 0 unspecified atom stereocenters. The van der Waals surface area contributed by atoms with Gasteiger partial charge >= 0.3 is 5.97 Å². The second-order valence-electron chi connectivity index (χ2n) is 5.76. The van der Waals surface area contributed by atoms with E-state index in [1.807, 2.05) is 26.0 Å². The topological polar surface area (TPSA) is 42.9 Å². The van der Waals surface area contributed by atoms with Crippen molar-refractivity contribution in [1.29, 1.82) is 0 Å². The fourth-order valence-corrected chi connectivity index (χ4v) is 3.86. The molecule has 1 aliphatic heterocycles. The van der Waals surface area contributed by atoms with Gasteiger partial charge in [-0.2, -0.15) is 0 Å². The molecule has 2 rings (SSSR count). The number of hydrogen-bond acceptors (Lipinski definition) is 2. The minimum Gasteiger partial charge on any atom is -0.456 e. The van der Waals surface area contributed by atoms with E-state index in [2.05, 4.69) is 37.2 Å². The molecule has 20 heavy (non-hydrogen) atoms. The van der Waals surface area contributed by atoms with E-state index < -0.39 is 5.60 Å². The number of piperidine rings is 1. The maximum atomic E-state index is 12.4. The largest absolute Gasteiger partial charge is 0.456 e. The van der Waals surface area contributed by atoms with Crippen molar-refractivity contribution < 1.29 is 14.8 Å². The van der Waals surface area contributed by atoms with E-state index in [0.29, 0.717) is 11.5 Å². The average Bonchev–Trinajstić information content (AvgIpc) is 2.39. The monoisotopic (exact) mass is 404 g/mol. The van der Waals surface area contributed by atoms with Crippen LogP contribution in [-0.4, -0.2) is 24.7 Å². The predicted octanol–water partition coefficient (Wildman–Crippen LogP) is 3.12. The van der Waals surface area contributed by atoms with Gasteiger partial charge in [-0.25, -0.2) is 4.79 Å². The number of nitrogens with two attached hydrogens (primary N) is 1. The molecule has 0 atom stereocenters. The highest BCUT2D eigenvalue weighted by atomic mass is 79.9. The number of benzene rings is 1. The van der Waals surface area contributed by atoms with Crippen molar-refractivity contribution in [3.05, 3.63) is 32.7 Å². The number of esters is 1. The molecule has 1 aromatic rings. The average molecular weight is 406 g/mol. The van der Waals surface area contributed by atoms with Crippen molar-refractivity contribution in [1.82, 2.24) is 0 Å². The third-order valence-corrected chi connectivity index (χ3v) is 5.08. The van der Waals surface area contributed by atoms with E-state index in [9.17, 15) is 4.79 Å². The van der Waals surface area contributed by atoms with Crippen LogP contribution in [0.4, 0.5) is 0 Å². The Bertz CT molecular complexity index is 497. The zero-order valence-corrected chi connectivity index (χ0v) is 15.0. The van der Waals surface area contributed by atoms with Crippen LogP contribution in [0.5, 0.6) is 0 Å². The molecule has 1 saturated heterocycles. The first-order valence-electron chi connectivity index (χ1n) is 6.90. The molecule has 0 saturated carbocycles. The Morgan fingerprint density at radius 1 is 1.30 bits per heavy atom. The van der Waals surface area contributed by atoms with Crippen LogP contribution >= 0.6 is 31.9 Å². The molecule has 1 aromatic carbocycles. The Kier molecular flexibility index (Phi) is 5.26. The summed E-state index contributed by atoms with van der Waals surface area (Å²) in [6, 6.07) is 5.49. The summed E-state index contributed by atoms with van der Waals surface area (Å²) in [4.78, 5) is 12.4. The summed E-state index contributed by atoms with van der Waals surface area (Å²) < 4.78 is 7.47. The summed E-state index contributed by atoms with van der Waals surface area (Å²) in [7, 11) is 0. The van der Waals surface area contributed by atoms with Gasteiger partial charge in [0.15, 0.2) is 0 Å². The summed E-state index contributed by atoms with van der Waals surface area (Å²) >= 11 is 6.80. The lowest BCUT2D eigenvalue weighted by atomic mass is 9.83. The first-order valence-corrected chi connectivity index (χ1v) is 8.49. The molecule has 0 spiro atoms. The minimum absolute atomic E-state index is 0.260. The van der Waals surface area contributed by atoms with Crippen LogP contribution in [0.2, 0.25) is 0 Å². The van der Waals surface area contributed by atoms with Gasteiger partial charge in [-0.15, -0.1) is 0 Å². The lowest BCUT2D eigenvalue weighted by Gasteiger charge is -2.35. The molecule has 0 aliphatic carbocycles. The first kappa shape index (κ1) is 16.0. The molecule has 1 fully saturated rings. The predicted molar refractivity (Wildman–Crippen MR) is 85.7 cm³/mol. The molecule has 2 N–H and O–H groups in total. The Labute approximate surface area is 136 Å². The maximum Gasteiger partial charge on any atom is 0.339 e. The Hall–Kier alpha value is -0.390. The first-order chi connectivity index (χ1) is 9.40. The summed E-state index contributed by atoms with van der Waals surface area (Å²) in [5, 5.41) is 2.32. The molecular formula is C15H20Br2NO2+. The quantitative estimate of drug-likeness (QED) is 0.785. The summed E-state index contributed by atoms with van der Waals surface area (Å²) in [6.45, 7) is 6.28. The van der Waals surface area contributed by atoms with Gasteiger partial charge < -0.3 is 10.1 Å². The fourth-order valence-electron chi connectivity index (χ4n) is 2.65. The van der Waals surface area contributed by atoms with Gasteiger partial charge in [-0.1, -0.05) is 15.9 Å². The number of ether oxygens (including phenoxy) is 1. The van der Waals surface area contributed by atoms with Crippen molar-refractivity contribution in [2.75, 3.05) is 13.1 Å². The normalized spacial score (nSPS) is 17.0. The number of hydrogen-bond donors (Lipinski definition) is 1. The van der Waals surface area contributed by atoms with E-state index in [4.69, 9.17) is 4.74 Å². The molecule has 1 aliphatic rings. The van der Waals surface area contributed by atoms with Gasteiger partial charge in [0.25, 0.3) is 0 Å². The Morgan fingerprint density at radius 2 is 1.95 bits per heavy atom. The zero-order valence-electron chi connectivity index (χ0n) is 11.8. The van der Waals surface area contributed by atoms with Crippen LogP contribution in [0, 0.1) is 5.92 Å². The summed E-state index contributed by atoms with van der Waals surface area (Å²) in [5.74, 6) is 0.176. The van der Waals surface area contributed by atoms with E-state index in [1.165, 1.54) is 0 Å². The van der Waals surface area contributed by atoms with Crippen LogP contribution in [0.15, 0.2) is 27.1 Å². The lowest BCUT2D eigenvalue weighted by molar-refractivity contribution is -0.665. The van der Waals surface area contributed by atoms with Crippen molar-refractivity contribution in [3.8, 4) is 0 Å². The highest BCUT2D eigenvalue weighted by Crippen LogP contribution is 2.30. The maximum absolute atomic E-state index is 12.4. The van der Waals surface area contributed by atoms with Gasteiger partial charge in [-0.3, -0.25) is 0 Å². The van der Waals surface area contributed by atoms with Crippen molar-refractivity contribution in [2.45, 2.75) is 32.3 Å². The van der Waals surface area contributed by atoms with Gasteiger partial charge in [0, 0.05) is 27.7 Å². The van der Waals surface area contributed by atoms with Crippen LogP contribution in [0.3, 0.4) is 0 Å². The van der Waals surface area contributed by atoms with Gasteiger partial charge in [0.05, 0.1) is 18.7 Å². The van der Waals surface area contributed by atoms with Crippen LogP contribution in [0.1, 0.15) is 37.0 Å². The van der Waals surface area contributed by atoms with Gasteiger partial charge in [0.2, 0.25) is 0 Å². The third kappa shape index (κ3) is 3.83. The van der Waals surface area contributed by atoms with E-state index in [1.54, 1.807) is 6.07 Å². The summed E-state index contributed by atoms with van der Waals surface area (Å²) in [5.41, 5.74) is 0.154. The number of carbonyl (C=O) groups is 1. The van der Waals surface area contributed by atoms with Crippen molar-refractivity contribution in [2.24, 2.45) is 5.92 Å². The molecule has 1 heterocycles. The molecule has 0 bridgehead atoms. The molecule has 0 aromatic heterocycles. The SMILES string of the molecule is CC(C)(OC(=O)c1ccc(Br)cc1Br)C1CC[NH2+]CC1. The fraction of sp³-hybridized carbons (Fsp3) is 0.533. The number of carbonyl (C=O) groups excluding carboxylic acids is 1. The molecule has 3 nitrogen and oxygen atoms in total. The number of halogens is 2. The van der Waals surface area contributed by atoms with Crippen LogP contribution in [0.25, 0.3) is 0 Å². The van der Waals surface area contributed by atoms with Crippen molar-refractivity contribution in [3.63, 3.8) is 0 Å². The van der Waals surface area contributed by atoms with E-state index >= 15 is 0 Å². The van der Waals surface area contributed by atoms with E-state index in [0.717, 1.165) is 34.9 Å². The smallest absolute Gasteiger partial charge is 0.339 e. The summed E-state index contributed by atoms with van der Waals surface area (Å²) in [6.07, 6.45) is 2.20. The molecule has 5 heteroatoms. The lowest BCUT2D eigenvalue weighted by Crippen LogP contribution is -2.86. The Morgan fingerprint density at radius 3 is 2.55 bits per heavy atom. The van der Waals surface area contributed by atoms with Crippen LogP contribution in [-0.2, 0) is 4.74 Å². The molecule has 0 radical (unpaired) electrons. The number of quaternary nitrogens is 1.